The standard InChI is InChI=1S/C16H18N2OS/c1-11-3-7-14(8-4-11)20-10-16(19)18-13-6-5-12(2)15(17)9-13/h3-9H,10,17H2,1-2H3,(H,18,19). The van der Waals surface area contributed by atoms with E-state index in [2.05, 4.69) is 5.32 Å². The molecule has 0 aromatic heterocycles. The van der Waals surface area contributed by atoms with Gasteiger partial charge in [0, 0.05) is 16.3 Å². The van der Waals surface area contributed by atoms with Crippen LogP contribution in [-0.4, -0.2) is 11.7 Å². The summed E-state index contributed by atoms with van der Waals surface area (Å²) in [6.45, 7) is 3.98. The molecule has 3 nitrogen and oxygen atoms in total. The maximum absolute atomic E-state index is 11.9. The predicted molar refractivity (Wildman–Crippen MR) is 86.1 cm³/mol. The van der Waals surface area contributed by atoms with Crippen LogP contribution in [0.4, 0.5) is 11.4 Å². The number of anilines is 2. The first-order valence-corrected chi connectivity index (χ1v) is 7.38. The highest BCUT2D eigenvalue weighted by Gasteiger charge is 2.04. The molecule has 0 aliphatic rings. The molecule has 0 heterocycles. The summed E-state index contributed by atoms with van der Waals surface area (Å²) in [5.41, 5.74) is 9.47. The molecule has 0 aliphatic carbocycles. The lowest BCUT2D eigenvalue weighted by Gasteiger charge is -2.07. The molecule has 4 heteroatoms. The summed E-state index contributed by atoms with van der Waals surface area (Å²) in [4.78, 5) is 13.0. The molecule has 0 saturated carbocycles. The first kappa shape index (κ1) is 14.5. The van der Waals surface area contributed by atoms with Gasteiger partial charge in [-0.1, -0.05) is 23.8 Å². The normalized spacial score (nSPS) is 10.3. The van der Waals surface area contributed by atoms with Gasteiger partial charge in [-0.05, 0) is 43.7 Å². The average molecular weight is 286 g/mol. The zero-order valence-electron chi connectivity index (χ0n) is 11.6. The first-order valence-electron chi connectivity index (χ1n) is 6.40. The number of hydrogen-bond donors (Lipinski definition) is 2. The van der Waals surface area contributed by atoms with E-state index in [1.165, 1.54) is 17.3 Å². The summed E-state index contributed by atoms with van der Waals surface area (Å²) >= 11 is 1.52. The zero-order valence-corrected chi connectivity index (χ0v) is 12.5. The van der Waals surface area contributed by atoms with Crippen molar-refractivity contribution in [3.63, 3.8) is 0 Å². The van der Waals surface area contributed by atoms with Gasteiger partial charge in [-0.2, -0.15) is 0 Å². The minimum absolute atomic E-state index is 0.0289. The van der Waals surface area contributed by atoms with Crippen LogP contribution in [0.5, 0.6) is 0 Å². The van der Waals surface area contributed by atoms with Crippen molar-refractivity contribution >= 4 is 29.0 Å². The van der Waals surface area contributed by atoms with Crippen LogP contribution in [0.1, 0.15) is 11.1 Å². The Labute approximate surface area is 123 Å². The van der Waals surface area contributed by atoms with Crippen LogP contribution in [-0.2, 0) is 4.79 Å². The first-order chi connectivity index (χ1) is 9.54. The van der Waals surface area contributed by atoms with Crippen molar-refractivity contribution in [3.05, 3.63) is 53.6 Å². The van der Waals surface area contributed by atoms with Gasteiger partial charge in [-0.25, -0.2) is 0 Å². The summed E-state index contributed by atoms with van der Waals surface area (Å²) in [5.74, 6) is 0.357. The Morgan fingerprint density at radius 3 is 2.50 bits per heavy atom. The Balaban J connectivity index is 1.89. The van der Waals surface area contributed by atoms with E-state index in [0.717, 1.165) is 16.1 Å². The van der Waals surface area contributed by atoms with E-state index in [0.29, 0.717) is 11.4 Å². The lowest BCUT2D eigenvalue weighted by molar-refractivity contribution is -0.113. The van der Waals surface area contributed by atoms with E-state index in [9.17, 15) is 4.79 Å². The third-order valence-electron chi connectivity index (χ3n) is 2.95. The van der Waals surface area contributed by atoms with Crippen LogP contribution in [0.15, 0.2) is 47.4 Å². The maximum Gasteiger partial charge on any atom is 0.234 e. The predicted octanol–water partition coefficient (Wildman–Crippen LogP) is 3.62. The SMILES string of the molecule is Cc1ccc(SCC(=O)Nc2ccc(C)c(N)c2)cc1. The summed E-state index contributed by atoms with van der Waals surface area (Å²) in [6.07, 6.45) is 0. The van der Waals surface area contributed by atoms with E-state index in [1.54, 1.807) is 6.07 Å². The number of nitrogen functional groups attached to an aromatic ring is 1. The molecule has 0 saturated heterocycles. The monoisotopic (exact) mass is 286 g/mol. The smallest absolute Gasteiger partial charge is 0.234 e. The van der Waals surface area contributed by atoms with Crippen LogP contribution < -0.4 is 11.1 Å². The van der Waals surface area contributed by atoms with Gasteiger partial charge in [0.25, 0.3) is 0 Å². The summed E-state index contributed by atoms with van der Waals surface area (Å²) in [6, 6.07) is 13.7. The Morgan fingerprint density at radius 1 is 1.15 bits per heavy atom. The molecule has 2 rings (SSSR count). The highest BCUT2D eigenvalue weighted by Crippen LogP contribution is 2.20. The van der Waals surface area contributed by atoms with Crippen LogP contribution in [0.2, 0.25) is 0 Å². The second-order valence-electron chi connectivity index (χ2n) is 4.72. The molecule has 2 aromatic rings. The number of carbonyl (C=O) groups excluding carboxylic acids is 1. The molecular formula is C16H18N2OS. The van der Waals surface area contributed by atoms with Crippen molar-refractivity contribution in [1.29, 1.82) is 0 Å². The number of thioether (sulfide) groups is 1. The van der Waals surface area contributed by atoms with Gasteiger partial charge in [0.1, 0.15) is 0 Å². The quantitative estimate of drug-likeness (QED) is 0.667. The van der Waals surface area contributed by atoms with Crippen molar-refractivity contribution < 1.29 is 4.79 Å². The fraction of sp³-hybridized carbons (Fsp3) is 0.188. The van der Waals surface area contributed by atoms with Crippen LogP contribution in [0.3, 0.4) is 0 Å². The summed E-state index contributed by atoms with van der Waals surface area (Å²) in [7, 11) is 0. The minimum Gasteiger partial charge on any atom is -0.398 e. The summed E-state index contributed by atoms with van der Waals surface area (Å²) in [5, 5.41) is 2.85. The summed E-state index contributed by atoms with van der Waals surface area (Å²) < 4.78 is 0. The van der Waals surface area contributed by atoms with Gasteiger partial charge in [0.05, 0.1) is 5.75 Å². The molecule has 0 bridgehead atoms. The molecule has 3 N–H and O–H groups in total. The van der Waals surface area contributed by atoms with E-state index < -0.39 is 0 Å². The Morgan fingerprint density at radius 2 is 1.85 bits per heavy atom. The lowest BCUT2D eigenvalue weighted by Crippen LogP contribution is -2.14. The second kappa shape index (κ2) is 6.48. The van der Waals surface area contributed by atoms with Crippen molar-refractivity contribution in [2.75, 3.05) is 16.8 Å². The van der Waals surface area contributed by atoms with E-state index >= 15 is 0 Å². The number of carbonyl (C=O) groups is 1. The molecule has 0 spiro atoms. The lowest BCUT2D eigenvalue weighted by atomic mass is 10.2. The molecule has 0 aliphatic heterocycles. The highest BCUT2D eigenvalue weighted by molar-refractivity contribution is 8.00. The number of nitrogens with two attached hydrogens (primary N) is 1. The van der Waals surface area contributed by atoms with Crippen LogP contribution in [0, 0.1) is 13.8 Å². The topological polar surface area (TPSA) is 55.1 Å². The second-order valence-corrected chi connectivity index (χ2v) is 5.77. The van der Waals surface area contributed by atoms with Gasteiger partial charge >= 0.3 is 0 Å². The fourth-order valence-corrected chi connectivity index (χ4v) is 2.40. The Bertz CT molecular complexity index is 608. The van der Waals surface area contributed by atoms with E-state index in [4.69, 9.17) is 5.73 Å². The average Bonchev–Trinajstić information content (AvgIpc) is 2.42. The number of amides is 1. The number of benzene rings is 2. The Hall–Kier alpha value is -1.94. The molecule has 2 aromatic carbocycles. The molecule has 20 heavy (non-hydrogen) atoms. The largest absolute Gasteiger partial charge is 0.398 e. The zero-order chi connectivity index (χ0) is 14.5. The fourth-order valence-electron chi connectivity index (χ4n) is 1.70. The molecule has 0 atom stereocenters. The van der Waals surface area contributed by atoms with Gasteiger partial charge in [0.15, 0.2) is 0 Å². The van der Waals surface area contributed by atoms with Gasteiger partial charge in [-0.15, -0.1) is 11.8 Å². The van der Waals surface area contributed by atoms with E-state index in [1.807, 2.05) is 50.2 Å². The molecule has 0 fully saturated rings. The number of rotatable bonds is 4. The van der Waals surface area contributed by atoms with Gasteiger partial charge in [0.2, 0.25) is 5.91 Å². The molecule has 0 radical (unpaired) electrons. The van der Waals surface area contributed by atoms with Crippen LogP contribution >= 0.6 is 11.8 Å². The number of hydrogen-bond acceptors (Lipinski definition) is 3. The molecule has 0 unspecified atom stereocenters. The maximum atomic E-state index is 11.9. The van der Waals surface area contributed by atoms with Crippen molar-refractivity contribution in [1.82, 2.24) is 0 Å². The molecule has 1 amide bonds. The highest BCUT2D eigenvalue weighted by atomic mass is 32.2. The van der Waals surface area contributed by atoms with Gasteiger partial charge in [-0.3, -0.25) is 4.79 Å². The Kier molecular flexibility index (Phi) is 4.69. The number of nitrogens with one attached hydrogen (secondary N) is 1. The van der Waals surface area contributed by atoms with Crippen LogP contribution in [0.25, 0.3) is 0 Å². The third-order valence-corrected chi connectivity index (χ3v) is 3.97. The van der Waals surface area contributed by atoms with Crippen molar-refractivity contribution in [2.24, 2.45) is 0 Å². The third kappa shape index (κ3) is 4.03. The van der Waals surface area contributed by atoms with E-state index in [-0.39, 0.29) is 5.91 Å². The molecule has 104 valence electrons. The number of aryl methyl sites for hydroxylation is 2. The molecular weight excluding hydrogens is 268 g/mol. The van der Waals surface area contributed by atoms with Crippen molar-refractivity contribution in [2.45, 2.75) is 18.7 Å². The van der Waals surface area contributed by atoms with Gasteiger partial charge < -0.3 is 11.1 Å². The minimum atomic E-state index is -0.0289. The van der Waals surface area contributed by atoms with Crippen molar-refractivity contribution in [3.8, 4) is 0 Å².